The van der Waals surface area contributed by atoms with Crippen LogP contribution in [0.1, 0.15) is 12.8 Å². The summed E-state index contributed by atoms with van der Waals surface area (Å²) in [4.78, 5) is 12.7. The second kappa shape index (κ2) is 2.83. The first-order valence-electron chi connectivity index (χ1n) is 3.80. The van der Waals surface area contributed by atoms with Gasteiger partial charge >= 0.3 is 0 Å². The fourth-order valence-electron chi connectivity index (χ4n) is 1.33. The molecule has 2 aliphatic rings. The average molecular weight is 180 g/mol. The Morgan fingerprint density at radius 2 is 2.67 bits per heavy atom. The van der Waals surface area contributed by atoms with Crippen molar-refractivity contribution >= 4 is 17.7 Å². The molecular formula is C8H8N2OS. The summed E-state index contributed by atoms with van der Waals surface area (Å²) in [6.45, 7) is 0. The van der Waals surface area contributed by atoms with E-state index in [1.807, 2.05) is 6.20 Å². The van der Waals surface area contributed by atoms with E-state index in [1.54, 1.807) is 16.7 Å². The van der Waals surface area contributed by atoms with E-state index in [0.29, 0.717) is 18.2 Å². The zero-order chi connectivity index (χ0) is 8.55. The molecule has 3 nitrogen and oxygen atoms in total. The minimum Gasteiger partial charge on any atom is -0.306 e. The number of carbonyl (C=O) groups is 1. The molecule has 0 bridgehead atoms. The van der Waals surface area contributed by atoms with E-state index < -0.39 is 0 Å². The number of hydrogen-bond acceptors (Lipinski definition) is 3. The molecule has 0 spiro atoms. The number of thioether (sulfide) groups is 1. The molecule has 0 saturated carbocycles. The molecule has 0 aromatic carbocycles. The molecule has 1 atom stereocenters. The Balaban J connectivity index is 2.10. The molecule has 2 aliphatic heterocycles. The van der Waals surface area contributed by atoms with E-state index in [9.17, 15) is 4.79 Å². The van der Waals surface area contributed by atoms with Gasteiger partial charge < -0.3 is 4.90 Å². The van der Waals surface area contributed by atoms with Crippen molar-refractivity contribution in [2.75, 3.05) is 5.75 Å². The maximum absolute atomic E-state index is 11.0. The van der Waals surface area contributed by atoms with E-state index in [-0.39, 0.29) is 5.91 Å². The van der Waals surface area contributed by atoms with Crippen molar-refractivity contribution in [3.05, 3.63) is 11.8 Å². The zero-order valence-electron chi connectivity index (χ0n) is 6.49. The monoisotopic (exact) mass is 180 g/mol. The van der Waals surface area contributed by atoms with Gasteiger partial charge in [0.25, 0.3) is 0 Å². The highest BCUT2D eigenvalue weighted by molar-refractivity contribution is 8.00. The first-order chi connectivity index (χ1) is 5.81. The second-order valence-corrected chi connectivity index (χ2v) is 4.06. The van der Waals surface area contributed by atoms with Crippen LogP contribution < -0.4 is 0 Å². The highest BCUT2D eigenvalue weighted by Crippen LogP contribution is 2.35. The number of carbonyl (C=O) groups excluding carboxylic acids is 1. The van der Waals surface area contributed by atoms with Gasteiger partial charge in [0.1, 0.15) is 0 Å². The molecule has 0 unspecified atom stereocenters. The number of rotatable bonds is 1. The van der Waals surface area contributed by atoms with Gasteiger partial charge in [0.05, 0.1) is 24.3 Å². The molecule has 0 aliphatic carbocycles. The Bertz CT molecular complexity index is 292. The summed E-state index contributed by atoms with van der Waals surface area (Å²) in [5.74, 6) is 1.09. The highest BCUT2D eigenvalue weighted by atomic mass is 32.2. The van der Waals surface area contributed by atoms with Crippen LogP contribution in [0.25, 0.3) is 0 Å². The fourth-order valence-corrected chi connectivity index (χ4v) is 2.51. The third kappa shape index (κ3) is 1.10. The molecule has 1 amide bonds. The molecule has 0 N–H and O–H groups in total. The number of nitrogens with zero attached hydrogens (tertiary/aromatic N) is 2. The molecule has 1 fully saturated rings. The number of nitriles is 1. The van der Waals surface area contributed by atoms with Crippen LogP contribution in [0, 0.1) is 11.3 Å². The molecule has 12 heavy (non-hydrogen) atoms. The lowest BCUT2D eigenvalue weighted by Crippen LogP contribution is -2.49. The number of β-lactam (4-membered cyclic amide) rings is 1. The van der Waals surface area contributed by atoms with Gasteiger partial charge in [-0.25, -0.2) is 0 Å². The van der Waals surface area contributed by atoms with Gasteiger partial charge in [-0.1, -0.05) is 0 Å². The quantitative estimate of drug-likeness (QED) is 0.567. The topological polar surface area (TPSA) is 44.1 Å². The maximum atomic E-state index is 11.0. The predicted molar refractivity (Wildman–Crippen MR) is 46.0 cm³/mol. The van der Waals surface area contributed by atoms with Gasteiger partial charge in [-0.05, 0) is 5.57 Å². The lowest BCUT2D eigenvalue weighted by molar-refractivity contribution is -0.137. The van der Waals surface area contributed by atoms with Crippen LogP contribution in [-0.2, 0) is 4.79 Å². The van der Waals surface area contributed by atoms with Crippen LogP contribution in [0.5, 0.6) is 0 Å². The van der Waals surface area contributed by atoms with E-state index >= 15 is 0 Å². The molecular weight excluding hydrogens is 172 g/mol. The lowest BCUT2D eigenvalue weighted by Gasteiger charge is -2.40. The Morgan fingerprint density at radius 1 is 1.83 bits per heavy atom. The second-order valence-electron chi connectivity index (χ2n) is 2.89. The highest BCUT2D eigenvalue weighted by Gasteiger charge is 2.37. The summed E-state index contributed by atoms with van der Waals surface area (Å²) in [6.07, 6.45) is 2.96. The third-order valence-electron chi connectivity index (χ3n) is 2.04. The van der Waals surface area contributed by atoms with Gasteiger partial charge in [-0.3, -0.25) is 4.79 Å². The largest absolute Gasteiger partial charge is 0.306 e. The molecule has 2 heterocycles. The van der Waals surface area contributed by atoms with Crippen LogP contribution in [0.2, 0.25) is 0 Å². The van der Waals surface area contributed by atoms with Crippen molar-refractivity contribution in [1.29, 1.82) is 5.26 Å². The normalized spacial score (nSPS) is 26.9. The van der Waals surface area contributed by atoms with Crippen molar-refractivity contribution in [3.63, 3.8) is 0 Å². The Labute approximate surface area is 75.0 Å². The van der Waals surface area contributed by atoms with Gasteiger partial charge in [0.2, 0.25) is 5.91 Å². The number of fused-ring (bicyclic) bond motifs is 1. The van der Waals surface area contributed by atoms with Gasteiger partial charge in [-0.2, -0.15) is 5.26 Å². The minimum absolute atomic E-state index is 0.183. The van der Waals surface area contributed by atoms with Gasteiger partial charge in [-0.15, -0.1) is 11.8 Å². The van der Waals surface area contributed by atoms with Crippen molar-refractivity contribution in [2.24, 2.45) is 0 Å². The Kier molecular flexibility index (Phi) is 1.81. The standard InChI is InChI=1S/C8H8N2OS/c9-2-1-6-4-10-7(11)3-8(10)12-5-6/h4,8H,1,3,5H2/t8-/m1/s1. The predicted octanol–water partition coefficient (Wildman–Crippen LogP) is 1.09. The summed E-state index contributed by atoms with van der Waals surface area (Å²) < 4.78 is 0. The number of hydrogen-bond donors (Lipinski definition) is 0. The molecule has 0 aromatic rings. The summed E-state index contributed by atoms with van der Waals surface area (Å²) >= 11 is 1.75. The summed E-state index contributed by atoms with van der Waals surface area (Å²) in [6, 6.07) is 2.09. The van der Waals surface area contributed by atoms with Crippen molar-refractivity contribution in [1.82, 2.24) is 4.90 Å². The van der Waals surface area contributed by atoms with Crippen LogP contribution in [0.15, 0.2) is 11.8 Å². The Hall–Kier alpha value is -0.950. The van der Waals surface area contributed by atoms with Gasteiger partial charge in [0, 0.05) is 12.0 Å². The molecule has 4 heteroatoms. The molecule has 2 rings (SSSR count). The first kappa shape index (κ1) is 7.69. The van der Waals surface area contributed by atoms with Crippen molar-refractivity contribution in [2.45, 2.75) is 18.2 Å². The van der Waals surface area contributed by atoms with Crippen LogP contribution in [0.3, 0.4) is 0 Å². The smallest absolute Gasteiger partial charge is 0.230 e. The van der Waals surface area contributed by atoms with Crippen LogP contribution in [-0.4, -0.2) is 21.9 Å². The molecule has 0 radical (unpaired) electrons. The molecule has 0 aromatic heterocycles. The third-order valence-corrected chi connectivity index (χ3v) is 3.35. The average Bonchev–Trinajstić information content (AvgIpc) is 2.07. The summed E-state index contributed by atoms with van der Waals surface area (Å²) in [5.41, 5.74) is 1.06. The van der Waals surface area contributed by atoms with Crippen LogP contribution >= 0.6 is 11.8 Å². The van der Waals surface area contributed by atoms with Crippen molar-refractivity contribution < 1.29 is 4.79 Å². The number of amides is 1. The zero-order valence-corrected chi connectivity index (χ0v) is 7.30. The van der Waals surface area contributed by atoms with E-state index in [4.69, 9.17) is 5.26 Å². The lowest BCUT2D eigenvalue weighted by atomic mass is 10.1. The minimum atomic E-state index is 0.183. The summed E-state index contributed by atoms with van der Waals surface area (Å²) in [5, 5.41) is 8.81. The first-order valence-corrected chi connectivity index (χ1v) is 4.85. The maximum Gasteiger partial charge on any atom is 0.230 e. The van der Waals surface area contributed by atoms with E-state index in [0.717, 1.165) is 11.3 Å². The van der Waals surface area contributed by atoms with E-state index in [2.05, 4.69) is 6.07 Å². The SMILES string of the molecule is N#CCC1=CN2C(=O)C[C@H]2SC1. The van der Waals surface area contributed by atoms with Crippen molar-refractivity contribution in [3.8, 4) is 6.07 Å². The Morgan fingerprint density at radius 3 is 3.33 bits per heavy atom. The molecule has 1 saturated heterocycles. The van der Waals surface area contributed by atoms with Crippen LogP contribution in [0.4, 0.5) is 0 Å². The molecule has 62 valence electrons. The van der Waals surface area contributed by atoms with Gasteiger partial charge in [0.15, 0.2) is 0 Å². The van der Waals surface area contributed by atoms with E-state index in [1.165, 1.54) is 0 Å². The summed E-state index contributed by atoms with van der Waals surface area (Å²) in [7, 11) is 0. The fraction of sp³-hybridized carbons (Fsp3) is 0.500.